The Morgan fingerprint density at radius 2 is 2.00 bits per heavy atom. The molecule has 3 heterocycles. The van der Waals surface area contributed by atoms with Crippen molar-refractivity contribution in [2.75, 3.05) is 5.32 Å². The molecule has 1 aromatic carbocycles. The Kier molecular flexibility index (Phi) is 5.33. The lowest BCUT2D eigenvalue weighted by molar-refractivity contribution is -0.114. The Morgan fingerprint density at radius 3 is 2.80 bits per heavy atom. The standard InChI is InChI=1S/C23H22N4OS2/c1-14(28)26-22-21(23-27-18-4-2-3-5-19(18)29-23)17-7-6-16(12-20(17)30-22)25-13-15-8-10-24-11-9-15/h2-5,8-11,16,25H,6-7,12-13H2,1H3,(H,26,28). The van der Waals surface area contributed by atoms with E-state index in [1.54, 1.807) is 29.6 Å². The van der Waals surface area contributed by atoms with Crippen molar-refractivity contribution in [3.05, 3.63) is 64.8 Å². The highest BCUT2D eigenvalue weighted by Crippen LogP contribution is 2.46. The van der Waals surface area contributed by atoms with E-state index in [9.17, 15) is 4.79 Å². The van der Waals surface area contributed by atoms with Gasteiger partial charge in [-0.3, -0.25) is 9.78 Å². The van der Waals surface area contributed by atoms with Gasteiger partial charge in [-0.2, -0.15) is 0 Å². The van der Waals surface area contributed by atoms with Crippen molar-refractivity contribution in [1.82, 2.24) is 15.3 Å². The maximum atomic E-state index is 11.9. The maximum Gasteiger partial charge on any atom is 0.221 e. The van der Waals surface area contributed by atoms with Crippen LogP contribution in [0, 0.1) is 0 Å². The topological polar surface area (TPSA) is 66.9 Å². The molecule has 2 N–H and O–H groups in total. The summed E-state index contributed by atoms with van der Waals surface area (Å²) in [4.78, 5) is 22.2. The van der Waals surface area contributed by atoms with Crippen LogP contribution in [0.25, 0.3) is 20.8 Å². The van der Waals surface area contributed by atoms with Crippen LogP contribution in [0.5, 0.6) is 0 Å². The van der Waals surface area contributed by atoms with Gasteiger partial charge in [0.05, 0.1) is 10.2 Å². The molecule has 0 aliphatic heterocycles. The maximum absolute atomic E-state index is 11.9. The highest BCUT2D eigenvalue weighted by molar-refractivity contribution is 7.22. The average Bonchev–Trinajstić information content (AvgIpc) is 3.32. The van der Waals surface area contributed by atoms with Gasteiger partial charge >= 0.3 is 0 Å². The van der Waals surface area contributed by atoms with E-state index in [1.165, 1.54) is 20.7 Å². The molecule has 0 fully saturated rings. The van der Waals surface area contributed by atoms with Crippen LogP contribution in [-0.4, -0.2) is 21.9 Å². The van der Waals surface area contributed by atoms with Crippen LogP contribution in [-0.2, 0) is 24.2 Å². The first-order chi connectivity index (χ1) is 14.7. The van der Waals surface area contributed by atoms with E-state index in [0.717, 1.165) is 46.9 Å². The van der Waals surface area contributed by atoms with E-state index in [4.69, 9.17) is 4.98 Å². The minimum atomic E-state index is -0.0386. The lowest BCUT2D eigenvalue weighted by Gasteiger charge is -2.24. The summed E-state index contributed by atoms with van der Waals surface area (Å²) in [6, 6.07) is 12.7. The smallest absolute Gasteiger partial charge is 0.221 e. The van der Waals surface area contributed by atoms with Gasteiger partial charge in [-0.05, 0) is 54.7 Å². The lowest BCUT2D eigenvalue weighted by atomic mass is 9.91. The fourth-order valence-electron chi connectivity index (χ4n) is 3.98. The third-order valence-corrected chi connectivity index (χ3v) is 7.63. The molecule has 30 heavy (non-hydrogen) atoms. The predicted molar refractivity (Wildman–Crippen MR) is 124 cm³/mol. The van der Waals surface area contributed by atoms with Crippen LogP contribution >= 0.6 is 22.7 Å². The van der Waals surface area contributed by atoms with Gasteiger partial charge in [-0.25, -0.2) is 4.98 Å². The fraction of sp³-hybridized carbons (Fsp3) is 0.261. The summed E-state index contributed by atoms with van der Waals surface area (Å²) in [5.74, 6) is -0.0386. The SMILES string of the molecule is CC(=O)Nc1sc2c(c1-c1nc3ccccc3s1)CCC(NCc1ccncc1)C2. The molecule has 4 aromatic rings. The molecule has 152 valence electrons. The molecule has 0 radical (unpaired) electrons. The number of nitrogens with one attached hydrogen (secondary N) is 2. The second-order valence-electron chi connectivity index (χ2n) is 7.55. The summed E-state index contributed by atoms with van der Waals surface area (Å²) in [5, 5.41) is 8.69. The van der Waals surface area contributed by atoms with Crippen molar-refractivity contribution >= 4 is 43.8 Å². The van der Waals surface area contributed by atoms with Crippen LogP contribution < -0.4 is 10.6 Å². The molecule has 0 saturated carbocycles. The number of thiophene rings is 1. The van der Waals surface area contributed by atoms with Gasteiger partial charge in [-0.1, -0.05) is 12.1 Å². The summed E-state index contributed by atoms with van der Waals surface area (Å²) in [5.41, 5.74) is 4.73. The number of rotatable bonds is 5. The Hall–Kier alpha value is -2.61. The number of amides is 1. The third-order valence-electron chi connectivity index (χ3n) is 5.41. The first-order valence-electron chi connectivity index (χ1n) is 10.1. The molecule has 1 amide bonds. The number of pyridine rings is 1. The second kappa shape index (κ2) is 8.26. The number of anilines is 1. The third kappa shape index (κ3) is 3.88. The van der Waals surface area contributed by atoms with E-state index in [2.05, 4.69) is 21.7 Å². The van der Waals surface area contributed by atoms with E-state index in [-0.39, 0.29) is 5.91 Å². The summed E-state index contributed by atoms with van der Waals surface area (Å²) < 4.78 is 1.17. The number of hydrogen-bond donors (Lipinski definition) is 2. The molecule has 5 rings (SSSR count). The Bertz CT molecular complexity index is 1170. The zero-order valence-electron chi connectivity index (χ0n) is 16.6. The summed E-state index contributed by atoms with van der Waals surface area (Å²) in [6.45, 7) is 2.41. The van der Waals surface area contributed by atoms with E-state index < -0.39 is 0 Å². The monoisotopic (exact) mass is 434 g/mol. The first-order valence-corrected chi connectivity index (χ1v) is 11.7. The number of carbonyl (C=O) groups is 1. The molecule has 3 aromatic heterocycles. The fourth-order valence-corrected chi connectivity index (χ4v) is 6.46. The van der Waals surface area contributed by atoms with Crippen LogP contribution in [0.3, 0.4) is 0 Å². The van der Waals surface area contributed by atoms with Gasteiger partial charge in [0.2, 0.25) is 5.91 Å². The molecule has 0 bridgehead atoms. The normalized spacial score (nSPS) is 15.8. The molecule has 1 aliphatic rings. The summed E-state index contributed by atoms with van der Waals surface area (Å²) in [6.07, 6.45) is 6.71. The highest BCUT2D eigenvalue weighted by Gasteiger charge is 2.28. The van der Waals surface area contributed by atoms with Gasteiger partial charge in [-0.15, -0.1) is 22.7 Å². The molecular formula is C23H22N4OS2. The largest absolute Gasteiger partial charge is 0.317 e. The number of aromatic nitrogens is 2. The van der Waals surface area contributed by atoms with E-state index >= 15 is 0 Å². The number of nitrogens with zero attached hydrogens (tertiary/aromatic N) is 2. The van der Waals surface area contributed by atoms with Gasteiger partial charge in [0.15, 0.2) is 0 Å². The highest BCUT2D eigenvalue weighted by atomic mass is 32.1. The molecule has 1 atom stereocenters. The Labute approximate surface area is 183 Å². The van der Waals surface area contributed by atoms with Crippen LogP contribution in [0.15, 0.2) is 48.8 Å². The molecule has 7 heteroatoms. The van der Waals surface area contributed by atoms with Crippen LogP contribution in [0.1, 0.15) is 29.3 Å². The predicted octanol–water partition coefficient (Wildman–Crippen LogP) is 5.03. The van der Waals surface area contributed by atoms with Gasteiger partial charge in [0.1, 0.15) is 10.0 Å². The number of thiazole rings is 1. The zero-order chi connectivity index (χ0) is 20.5. The molecule has 0 saturated heterocycles. The first kappa shape index (κ1) is 19.4. The van der Waals surface area contributed by atoms with Crippen molar-refractivity contribution in [3.63, 3.8) is 0 Å². The number of para-hydroxylation sites is 1. The van der Waals surface area contributed by atoms with Crippen molar-refractivity contribution in [3.8, 4) is 10.6 Å². The van der Waals surface area contributed by atoms with Crippen molar-refractivity contribution in [2.45, 2.75) is 38.8 Å². The molecule has 5 nitrogen and oxygen atoms in total. The van der Waals surface area contributed by atoms with Crippen LogP contribution in [0.2, 0.25) is 0 Å². The Balaban J connectivity index is 1.44. The summed E-state index contributed by atoms with van der Waals surface area (Å²) >= 11 is 3.41. The van der Waals surface area contributed by atoms with Gasteiger partial charge < -0.3 is 10.6 Å². The minimum absolute atomic E-state index is 0.0386. The Morgan fingerprint density at radius 1 is 1.17 bits per heavy atom. The quantitative estimate of drug-likeness (QED) is 0.463. The molecular weight excluding hydrogens is 412 g/mol. The van der Waals surface area contributed by atoms with E-state index in [1.807, 2.05) is 42.7 Å². The number of fused-ring (bicyclic) bond motifs is 2. The number of carbonyl (C=O) groups excluding carboxylic acids is 1. The van der Waals surface area contributed by atoms with E-state index in [0.29, 0.717) is 6.04 Å². The minimum Gasteiger partial charge on any atom is -0.317 e. The summed E-state index contributed by atoms with van der Waals surface area (Å²) in [7, 11) is 0. The lowest BCUT2D eigenvalue weighted by Crippen LogP contribution is -2.33. The van der Waals surface area contributed by atoms with Gasteiger partial charge in [0.25, 0.3) is 0 Å². The zero-order valence-corrected chi connectivity index (χ0v) is 18.3. The number of hydrogen-bond acceptors (Lipinski definition) is 6. The second-order valence-corrected chi connectivity index (χ2v) is 9.69. The van der Waals surface area contributed by atoms with Crippen LogP contribution in [0.4, 0.5) is 5.00 Å². The van der Waals surface area contributed by atoms with Crippen molar-refractivity contribution < 1.29 is 4.79 Å². The molecule has 1 aliphatic carbocycles. The average molecular weight is 435 g/mol. The molecule has 0 spiro atoms. The van der Waals surface area contributed by atoms with Crippen molar-refractivity contribution in [2.24, 2.45) is 0 Å². The number of benzene rings is 1. The van der Waals surface area contributed by atoms with Gasteiger partial charge in [0, 0.05) is 42.3 Å². The molecule has 1 unspecified atom stereocenters. The van der Waals surface area contributed by atoms with Crippen molar-refractivity contribution in [1.29, 1.82) is 0 Å².